The highest BCUT2D eigenvalue weighted by Crippen LogP contribution is 2.01. The second kappa shape index (κ2) is 6.34. The van der Waals surface area contributed by atoms with Gasteiger partial charge in [-0.05, 0) is 12.3 Å². The zero-order valence-electron chi connectivity index (χ0n) is 8.60. The van der Waals surface area contributed by atoms with Crippen molar-refractivity contribution in [2.45, 2.75) is 26.4 Å². The first kappa shape index (κ1) is 13.8. The normalized spacial score (nSPS) is 14.6. The minimum atomic E-state index is -3.30. The third-order valence-corrected chi connectivity index (χ3v) is 3.09. The maximum Gasteiger partial charge on any atom is 0.211 e. The molecule has 0 radical (unpaired) electrons. The number of hydrogen-bond acceptors (Lipinski definition) is 4. The maximum atomic E-state index is 11.3. The molecule has 5 nitrogen and oxygen atoms in total. The molecular formula is C8H19NO4S. The maximum absolute atomic E-state index is 11.3. The zero-order chi connectivity index (χ0) is 11.2. The van der Waals surface area contributed by atoms with Gasteiger partial charge in [-0.2, -0.15) is 0 Å². The van der Waals surface area contributed by atoms with Crippen LogP contribution in [0.15, 0.2) is 0 Å². The summed E-state index contributed by atoms with van der Waals surface area (Å²) in [5.74, 6) is 0.386. The van der Waals surface area contributed by atoms with Gasteiger partial charge in [0.1, 0.15) is 0 Å². The van der Waals surface area contributed by atoms with Gasteiger partial charge in [0.25, 0.3) is 0 Å². The Morgan fingerprint density at radius 2 is 1.93 bits per heavy atom. The Labute approximate surface area is 85.2 Å². The molecule has 3 N–H and O–H groups in total. The minimum absolute atomic E-state index is 0.0583. The number of hydrogen-bond donors (Lipinski definition) is 3. The largest absolute Gasteiger partial charge is 0.394 e. The van der Waals surface area contributed by atoms with Crippen molar-refractivity contribution in [3.8, 4) is 0 Å². The third kappa shape index (κ3) is 7.25. The SMILES string of the molecule is CC(C)CCS(=O)(=O)NCC(O)CO. The topological polar surface area (TPSA) is 86.6 Å². The average Bonchev–Trinajstić information content (AvgIpc) is 2.11. The predicted octanol–water partition coefficient (Wildman–Crippen LogP) is -0.695. The molecule has 0 spiro atoms. The lowest BCUT2D eigenvalue weighted by atomic mass is 10.2. The molecule has 0 saturated carbocycles. The van der Waals surface area contributed by atoms with Gasteiger partial charge in [-0.25, -0.2) is 13.1 Å². The van der Waals surface area contributed by atoms with E-state index in [2.05, 4.69) is 4.72 Å². The van der Waals surface area contributed by atoms with Gasteiger partial charge in [-0.15, -0.1) is 0 Å². The fourth-order valence-corrected chi connectivity index (χ4v) is 2.12. The van der Waals surface area contributed by atoms with Crippen LogP contribution in [-0.4, -0.2) is 43.6 Å². The molecule has 0 aromatic heterocycles. The van der Waals surface area contributed by atoms with Gasteiger partial charge in [0.2, 0.25) is 10.0 Å². The Balaban J connectivity index is 3.84. The standard InChI is InChI=1S/C8H19NO4S/c1-7(2)3-4-14(12,13)9-5-8(11)6-10/h7-11H,3-6H2,1-2H3. The van der Waals surface area contributed by atoms with E-state index in [4.69, 9.17) is 10.2 Å². The molecular weight excluding hydrogens is 206 g/mol. The van der Waals surface area contributed by atoms with Gasteiger partial charge in [-0.3, -0.25) is 0 Å². The molecule has 6 heteroatoms. The van der Waals surface area contributed by atoms with E-state index in [0.29, 0.717) is 12.3 Å². The van der Waals surface area contributed by atoms with Crippen molar-refractivity contribution >= 4 is 10.0 Å². The molecule has 0 heterocycles. The summed E-state index contributed by atoms with van der Waals surface area (Å²) in [6, 6.07) is 0. The number of nitrogens with one attached hydrogen (secondary N) is 1. The van der Waals surface area contributed by atoms with E-state index in [-0.39, 0.29) is 12.3 Å². The van der Waals surface area contributed by atoms with Gasteiger partial charge >= 0.3 is 0 Å². The average molecular weight is 225 g/mol. The van der Waals surface area contributed by atoms with Gasteiger partial charge in [0, 0.05) is 6.54 Å². The number of aliphatic hydroxyl groups is 2. The highest BCUT2D eigenvalue weighted by molar-refractivity contribution is 7.89. The smallest absolute Gasteiger partial charge is 0.211 e. The van der Waals surface area contributed by atoms with E-state index >= 15 is 0 Å². The van der Waals surface area contributed by atoms with Crippen molar-refractivity contribution in [2.24, 2.45) is 5.92 Å². The fourth-order valence-electron chi connectivity index (χ4n) is 0.751. The number of sulfonamides is 1. The van der Waals surface area contributed by atoms with Crippen LogP contribution in [-0.2, 0) is 10.0 Å². The first-order valence-electron chi connectivity index (χ1n) is 4.63. The molecule has 0 bridgehead atoms. The lowest BCUT2D eigenvalue weighted by molar-refractivity contribution is 0.0988. The molecule has 0 rings (SSSR count). The van der Waals surface area contributed by atoms with E-state index < -0.39 is 22.7 Å². The summed E-state index contributed by atoms with van der Waals surface area (Å²) >= 11 is 0. The van der Waals surface area contributed by atoms with Crippen molar-refractivity contribution in [3.63, 3.8) is 0 Å². The molecule has 86 valence electrons. The third-order valence-electron chi connectivity index (χ3n) is 1.71. The summed E-state index contributed by atoms with van der Waals surface area (Å²) in [4.78, 5) is 0. The molecule has 0 amide bonds. The molecule has 1 atom stereocenters. The van der Waals surface area contributed by atoms with Gasteiger partial charge in [-0.1, -0.05) is 13.8 Å². The highest BCUT2D eigenvalue weighted by Gasteiger charge is 2.12. The van der Waals surface area contributed by atoms with Crippen LogP contribution in [0.4, 0.5) is 0 Å². The Bertz CT molecular complexity index is 238. The highest BCUT2D eigenvalue weighted by atomic mass is 32.2. The molecule has 14 heavy (non-hydrogen) atoms. The molecule has 0 fully saturated rings. The Hall–Kier alpha value is -0.170. The van der Waals surface area contributed by atoms with Crippen molar-refractivity contribution in [1.82, 2.24) is 4.72 Å². The summed E-state index contributed by atoms with van der Waals surface area (Å²) in [7, 11) is -3.30. The molecule has 0 aliphatic carbocycles. The minimum Gasteiger partial charge on any atom is -0.394 e. The van der Waals surface area contributed by atoms with Crippen LogP contribution in [0.25, 0.3) is 0 Å². The Morgan fingerprint density at radius 3 is 2.36 bits per heavy atom. The van der Waals surface area contributed by atoms with Crippen molar-refractivity contribution < 1.29 is 18.6 Å². The van der Waals surface area contributed by atoms with E-state index in [0.717, 1.165) is 0 Å². The van der Waals surface area contributed by atoms with Crippen molar-refractivity contribution in [2.75, 3.05) is 18.9 Å². The van der Waals surface area contributed by atoms with Crippen LogP contribution < -0.4 is 4.72 Å². The van der Waals surface area contributed by atoms with Gasteiger partial charge < -0.3 is 10.2 Å². The molecule has 0 aliphatic rings. The molecule has 0 saturated heterocycles. The molecule has 1 unspecified atom stereocenters. The van der Waals surface area contributed by atoms with Crippen LogP contribution in [0.3, 0.4) is 0 Å². The van der Waals surface area contributed by atoms with E-state index in [1.165, 1.54) is 0 Å². The van der Waals surface area contributed by atoms with Crippen LogP contribution in [0, 0.1) is 5.92 Å². The van der Waals surface area contributed by atoms with Crippen molar-refractivity contribution in [3.05, 3.63) is 0 Å². The summed E-state index contributed by atoms with van der Waals surface area (Å²) in [6.45, 7) is 3.32. The van der Waals surface area contributed by atoms with Crippen LogP contribution in [0.2, 0.25) is 0 Å². The predicted molar refractivity (Wildman–Crippen MR) is 54.3 cm³/mol. The van der Waals surface area contributed by atoms with Gasteiger partial charge in [0.05, 0.1) is 18.5 Å². The van der Waals surface area contributed by atoms with E-state index in [9.17, 15) is 8.42 Å². The fraction of sp³-hybridized carbons (Fsp3) is 1.00. The summed E-state index contributed by atoms with van der Waals surface area (Å²) in [5, 5.41) is 17.4. The Kier molecular flexibility index (Phi) is 6.26. The first-order valence-corrected chi connectivity index (χ1v) is 6.29. The summed E-state index contributed by atoms with van der Waals surface area (Å²) in [5.41, 5.74) is 0. The molecule has 0 aliphatic heterocycles. The number of rotatable bonds is 7. The van der Waals surface area contributed by atoms with E-state index in [1.807, 2.05) is 13.8 Å². The van der Waals surface area contributed by atoms with Crippen LogP contribution in [0.5, 0.6) is 0 Å². The second-order valence-corrected chi connectivity index (χ2v) is 5.61. The monoisotopic (exact) mass is 225 g/mol. The quantitative estimate of drug-likeness (QED) is 0.535. The van der Waals surface area contributed by atoms with Crippen LogP contribution in [0.1, 0.15) is 20.3 Å². The second-order valence-electron chi connectivity index (χ2n) is 3.69. The van der Waals surface area contributed by atoms with Gasteiger partial charge in [0.15, 0.2) is 0 Å². The lowest BCUT2D eigenvalue weighted by Crippen LogP contribution is -2.35. The van der Waals surface area contributed by atoms with Crippen molar-refractivity contribution in [1.29, 1.82) is 0 Å². The lowest BCUT2D eigenvalue weighted by Gasteiger charge is -2.10. The summed E-state index contributed by atoms with van der Waals surface area (Å²) in [6.07, 6.45) is -0.436. The Morgan fingerprint density at radius 1 is 1.36 bits per heavy atom. The zero-order valence-corrected chi connectivity index (χ0v) is 9.42. The molecule has 0 aromatic carbocycles. The number of aliphatic hydroxyl groups excluding tert-OH is 2. The summed E-state index contributed by atoms with van der Waals surface area (Å²) < 4.78 is 24.7. The molecule has 0 aromatic rings. The first-order chi connectivity index (χ1) is 6.37. The van der Waals surface area contributed by atoms with Crippen LogP contribution >= 0.6 is 0 Å². The van der Waals surface area contributed by atoms with E-state index in [1.54, 1.807) is 0 Å².